The molecule has 3 rings (SSSR count). The van der Waals surface area contributed by atoms with Gasteiger partial charge in [-0.1, -0.05) is 57.0 Å². The first kappa shape index (κ1) is 25.3. The Morgan fingerprint density at radius 1 is 1.00 bits per heavy atom. The van der Waals surface area contributed by atoms with Crippen molar-refractivity contribution in [2.45, 2.75) is 13.0 Å². The van der Waals surface area contributed by atoms with E-state index in [0.29, 0.717) is 27.1 Å². The van der Waals surface area contributed by atoms with E-state index in [1.165, 1.54) is 12.1 Å². The lowest BCUT2D eigenvalue weighted by Gasteiger charge is -2.23. The second-order valence-electron chi connectivity index (χ2n) is 7.46. The summed E-state index contributed by atoms with van der Waals surface area (Å²) < 4.78 is 7.27. The number of carbonyl (C=O) groups is 2. The van der Waals surface area contributed by atoms with Crippen LogP contribution < -0.4 is 16.4 Å². The predicted molar refractivity (Wildman–Crippen MR) is 141 cm³/mol. The van der Waals surface area contributed by atoms with Crippen molar-refractivity contribution in [3.63, 3.8) is 0 Å². The summed E-state index contributed by atoms with van der Waals surface area (Å²) in [7, 11) is 0. The number of ether oxygens (including phenoxy) is 1. The van der Waals surface area contributed by atoms with Gasteiger partial charge in [0.05, 0.1) is 11.4 Å². The normalized spacial score (nSPS) is 12.7. The molecule has 7 nitrogen and oxygen atoms in total. The van der Waals surface area contributed by atoms with Crippen LogP contribution in [0, 0.1) is 5.92 Å². The average Bonchev–Trinajstić information content (AvgIpc) is 2.80. The largest absolute Gasteiger partial charge is 0.508 e. The number of hydrogen-bond acceptors (Lipinski definition) is 5. The molecule has 0 unspecified atom stereocenters. The van der Waals surface area contributed by atoms with Gasteiger partial charge in [0.2, 0.25) is 5.91 Å². The summed E-state index contributed by atoms with van der Waals surface area (Å²) >= 11 is 6.73. The number of nitrogens with two attached hydrogens (primary N) is 1. The number of nitrogens with one attached hydrogen (secondary N) is 2. The summed E-state index contributed by atoms with van der Waals surface area (Å²) in [6.45, 7) is 1.78. The second kappa shape index (κ2) is 11.7. The number of amides is 2. The van der Waals surface area contributed by atoms with E-state index >= 15 is 0 Å². The highest BCUT2D eigenvalue weighted by molar-refractivity contribution is 9.10. The van der Waals surface area contributed by atoms with Crippen LogP contribution in [0.25, 0.3) is 0 Å². The zero-order valence-electron chi connectivity index (χ0n) is 18.2. The molecule has 34 heavy (non-hydrogen) atoms. The highest BCUT2D eigenvalue weighted by Crippen LogP contribution is 2.35. The molecule has 0 saturated carbocycles. The molecule has 2 atom stereocenters. The molecule has 0 aromatic heterocycles. The number of aromatic hydroxyl groups is 1. The van der Waals surface area contributed by atoms with Gasteiger partial charge in [0.15, 0.2) is 0 Å². The average molecular weight is 589 g/mol. The van der Waals surface area contributed by atoms with Crippen LogP contribution in [0.1, 0.15) is 18.6 Å². The van der Waals surface area contributed by atoms with Crippen molar-refractivity contribution in [3.05, 3.63) is 93.4 Å². The number of para-hydroxylation sites is 2. The molecule has 0 bridgehead atoms. The fourth-order valence-corrected chi connectivity index (χ4v) is 3.77. The van der Waals surface area contributed by atoms with Gasteiger partial charge in [-0.2, -0.15) is 0 Å². The number of nitrogen functional groups attached to an aromatic ring is 1. The topological polar surface area (TPSA) is 114 Å². The van der Waals surface area contributed by atoms with Crippen molar-refractivity contribution >= 4 is 60.9 Å². The van der Waals surface area contributed by atoms with Crippen LogP contribution in [0.5, 0.6) is 5.75 Å². The molecule has 9 heteroatoms. The van der Waals surface area contributed by atoms with Crippen molar-refractivity contribution in [1.29, 1.82) is 0 Å². The quantitative estimate of drug-likeness (QED) is 0.183. The van der Waals surface area contributed by atoms with E-state index in [4.69, 9.17) is 10.5 Å². The standard InChI is InChI=1S/C25H23Br2N3O4/c1-15(6-13-23(32)30-21-5-3-2-4-20(21)28)24(19-14-17(27)9-12-22(19)31)34-25(33)29-18-10-7-16(26)8-11-18/h2-15,24,31H,28H2,1H3,(H,29,33)(H,30,32)/b13-6+/t15-,24-/m1/s1. The maximum Gasteiger partial charge on any atom is 0.412 e. The molecular formula is C25H23Br2N3O4. The van der Waals surface area contributed by atoms with Gasteiger partial charge in [-0.15, -0.1) is 0 Å². The fraction of sp³-hybridized carbons (Fsp3) is 0.120. The highest BCUT2D eigenvalue weighted by Gasteiger charge is 2.25. The second-order valence-corrected chi connectivity index (χ2v) is 9.29. The number of anilines is 3. The molecule has 3 aromatic rings. The first-order chi connectivity index (χ1) is 16.2. The summed E-state index contributed by atoms with van der Waals surface area (Å²) in [5.41, 5.74) is 7.75. The number of phenolic OH excluding ortho intramolecular Hbond substituents is 1. The van der Waals surface area contributed by atoms with Crippen LogP contribution in [0.3, 0.4) is 0 Å². The highest BCUT2D eigenvalue weighted by atomic mass is 79.9. The molecule has 0 heterocycles. The Kier molecular flexibility index (Phi) is 8.72. The van der Waals surface area contributed by atoms with Gasteiger partial charge in [-0.05, 0) is 60.7 Å². The molecule has 0 aliphatic heterocycles. The zero-order chi connectivity index (χ0) is 24.7. The first-order valence-electron chi connectivity index (χ1n) is 10.3. The SMILES string of the molecule is C[C@H](/C=C/C(=O)Nc1ccccc1N)[C@@H](OC(=O)Nc1ccc(Br)cc1)c1cc(Br)ccc1O. The molecule has 5 N–H and O–H groups in total. The Bertz CT molecular complexity index is 1200. The molecule has 0 radical (unpaired) electrons. The van der Waals surface area contributed by atoms with Crippen LogP contribution in [0.2, 0.25) is 0 Å². The van der Waals surface area contributed by atoms with Crippen LogP contribution >= 0.6 is 31.9 Å². The van der Waals surface area contributed by atoms with Gasteiger partial charge in [-0.25, -0.2) is 4.79 Å². The van der Waals surface area contributed by atoms with Crippen molar-refractivity contribution in [2.24, 2.45) is 5.92 Å². The minimum atomic E-state index is -0.876. The van der Waals surface area contributed by atoms with Gasteiger partial charge < -0.3 is 20.9 Å². The number of benzene rings is 3. The maximum atomic E-state index is 12.6. The smallest absolute Gasteiger partial charge is 0.412 e. The number of hydrogen-bond donors (Lipinski definition) is 4. The van der Waals surface area contributed by atoms with E-state index in [9.17, 15) is 14.7 Å². The Hall–Kier alpha value is -3.30. The van der Waals surface area contributed by atoms with Crippen LogP contribution in [-0.2, 0) is 9.53 Å². The van der Waals surface area contributed by atoms with Crippen LogP contribution in [0.4, 0.5) is 21.9 Å². The van der Waals surface area contributed by atoms with Crippen LogP contribution in [0.15, 0.2) is 87.8 Å². The van der Waals surface area contributed by atoms with E-state index < -0.39 is 18.1 Å². The van der Waals surface area contributed by atoms with Crippen LogP contribution in [-0.4, -0.2) is 17.1 Å². The van der Waals surface area contributed by atoms with Crippen molar-refractivity contribution < 1.29 is 19.4 Å². The lowest BCUT2D eigenvalue weighted by atomic mass is 9.96. The summed E-state index contributed by atoms with van der Waals surface area (Å²) in [5.74, 6) is -0.887. The van der Waals surface area contributed by atoms with Gasteiger partial charge in [-0.3, -0.25) is 10.1 Å². The molecule has 0 spiro atoms. The molecular weight excluding hydrogens is 566 g/mol. The number of halogens is 2. The molecule has 0 saturated heterocycles. The third-order valence-corrected chi connectivity index (χ3v) is 5.89. The summed E-state index contributed by atoms with van der Waals surface area (Å²) in [4.78, 5) is 25.0. The molecule has 176 valence electrons. The lowest BCUT2D eigenvalue weighted by molar-refractivity contribution is -0.111. The third-order valence-electron chi connectivity index (χ3n) is 4.87. The summed E-state index contributed by atoms with van der Waals surface area (Å²) in [6, 6.07) is 18.8. The Morgan fingerprint density at radius 2 is 1.68 bits per heavy atom. The Balaban J connectivity index is 1.78. The van der Waals surface area contributed by atoms with Crippen molar-refractivity contribution in [1.82, 2.24) is 0 Å². The lowest BCUT2D eigenvalue weighted by Crippen LogP contribution is -2.21. The molecule has 2 amide bonds. The molecule has 0 fully saturated rings. The Morgan fingerprint density at radius 3 is 2.38 bits per heavy atom. The van der Waals surface area contributed by atoms with E-state index in [-0.39, 0.29) is 11.7 Å². The van der Waals surface area contributed by atoms with Gasteiger partial charge in [0.1, 0.15) is 11.9 Å². The summed E-state index contributed by atoms with van der Waals surface area (Å²) in [6.07, 6.45) is 1.37. The zero-order valence-corrected chi connectivity index (χ0v) is 21.3. The van der Waals surface area contributed by atoms with E-state index in [1.807, 2.05) is 0 Å². The minimum Gasteiger partial charge on any atom is -0.508 e. The Labute approximate surface area is 214 Å². The first-order valence-corrected chi connectivity index (χ1v) is 11.9. The van der Waals surface area contributed by atoms with E-state index in [2.05, 4.69) is 42.5 Å². The third kappa shape index (κ3) is 7.10. The maximum absolute atomic E-state index is 12.6. The van der Waals surface area contributed by atoms with Gasteiger partial charge in [0.25, 0.3) is 0 Å². The predicted octanol–water partition coefficient (Wildman–Crippen LogP) is 6.62. The minimum absolute atomic E-state index is 0.0357. The molecule has 0 aliphatic rings. The van der Waals surface area contributed by atoms with Gasteiger partial charge in [0, 0.05) is 26.1 Å². The van der Waals surface area contributed by atoms with E-state index in [0.717, 1.165) is 4.47 Å². The fourth-order valence-electron chi connectivity index (χ4n) is 3.13. The molecule has 0 aliphatic carbocycles. The monoisotopic (exact) mass is 587 g/mol. The summed E-state index contributed by atoms with van der Waals surface area (Å²) in [5, 5.41) is 15.8. The number of rotatable bonds is 7. The molecule has 3 aromatic carbocycles. The number of carbonyl (C=O) groups excluding carboxylic acids is 2. The number of phenols is 1. The van der Waals surface area contributed by atoms with Crippen molar-refractivity contribution in [2.75, 3.05) is 16.4 Å². The van der Waals surface area contributed by atoms with Crippen molar-refractivity contribution in [3.8, 4) is 5.75 Å². The van der Waals surface area contributed by atoms with Gasteiger partial charge >= 0.3 is 6.09 Å². The van der Waals surface area contributed by atoms with E-state index in [1.54, 1.807) is 73.7 Å².